The lowest BCUT2D eigenvalue weighted by atomic mass is 10.0. The van der Waals surface area contributed by atoms with Gasteiger partial charge in [0.1, 0.15) is 0 Å². The molecule has 3 rings (SSSR count). The molecule has 1 aromatic carbocycles. The molecule has 0 amide bonds. The Labute approximate surface area is 112 Å². The summed E-state index contributed by atoms with van der Waals surface area (Å²) in [5.41, 5.74) is 4.32. The normalized spacial score (nSPS) is 13.5. The first-order valence-corrected chi connectivity index (χ1v) is 6.63. The predicted molar refractivity (Wildman–Crippen MR) is 72.9 cm³/mol. The summed E-state index contributed by atoms with van der Waals surface area (Å²) >= 11 is 0. The number of carbonyl (C=O) groups excluding carboxylic acids is 1. The summed E-state index contributed by atoms with van der Waals surface area (Å²) in [7, 11) is 0. The lowest BCUT2D eigenvalue weighted by molar-refractivity contribution is 0.0993. The van der Waals surface area contributed by atoms with E-state index in [1.165, 1.54) is 11.1 Å². The Kier molecular flexibility index (Phi) is 3.17. The zero-order chi connectivity index (χ0) is 13.2. The fraction of sp³-hybridized carbons (Fsp3) is 0.333. The molecule has 0 saturated heterocycles. The van der Waals surface area contributed by atoms with Crippen molar-refractivity contribution in [3.63, 3.8) is 0 Å². The summed E-state index contributed by atoms with van der Waals surface area (Å²) < 4.78 is 1.84. The lowest BCUT2D eigenvalue weighted by Gasteiger charge is -2.03. The van der Waals surface area contributed by atoms with Crippen molar-refractivity contribution in [3.05, 3.63) is 52.8 Å². The zero-order valence-corrected chi connectivity index (χ0v) is 11.0. The van der Waals surface area contributed by atoms with Gasteiger partial charge in [0.2, 0.25) is 0 Å². The third-order valence-corrected chi connectivity index (χ3v) is 3.53. The van der Waals surface area contributed by atoms with Gasteiger partial charge in [0.15, 0.2) is 5.78 Å². The number of rotatable bonds is 4. The number of Topliss-reactive ketones (excluding diaryl/α,β-unsaturated/α-hetero) is 1. The average Bonchev–Trinajstić information content (AvgIpc) is 3.05. The minimum absolute atomic E-state index is 0.158. The summed E-state index contributed by atoms with van der Waals surface area (Å²) in [6, 6.07) is 6.00. The summed E-state index contributed by atoms with van der Waals surface area (Å²) in [4.78, 5) is 12.3. The van der Waals surface area contributed by atoms with E-state index in [-0.39, 0.29) is 5.78 Å². The molecule has 0 saturated carbocycles. The van der Waals surface area contributed by atoms with Gasteiger partial charge < -0.3 is 5.32 Å². The molecule has 1 N–H and O–H groups in total. The molecule has 1 aliphatic heterocycles. The van der Waals surface area contributed by atoms with Gasteiger partial charge in [-0.1, -0.05) is 12.1 Å². The highest BCUT2D eigenvalue weighted by Crippen LogP contribution is 2.18. The van der Waals surface area contributed by atoms with E-state index in [1.54, 1.807) is 6.20 Å². The molecule has 4 nitrogen and oxygen atoms in total. The molecule has 2 aromatic rings. The van der Waals surface area contributed by atoms with Crippen LogP contribution in [0.2, 0.25) is 0 Å². The van der Waals surface area contributed by atoms with E-state index in [9.17, 15) is 4.79 Å². The van der Waals surface area contributed by atoms with E-state index in [4.69, 9.17) is 0 Å². The lowest BCUT2D eigenvalue weighted by Crippen LogP contribution is -2.04. The van der Waals surface area contributed by atoms with Crippen molar-refractivity contribution in [1.82, 2.24) is 15.1 Å². The molecule has 0 radical (unpaired) electrons. The quantitative estimate of drug-likeness (QED) is 0.849. The molecule has 19 heavy (non-hydrogen) atoms. The van der Waals surface area contributed by atoms with Crippen molar-refractivity contribution in [2.75, 3.05) is 0 Å². The van der Waals surface area contributed by atoms with Crippen molar-refractivity contribution in [1.29, 1.82) is 0 Å². The van der Waals surface area contributed by atoms with Gasteiger partial charge in [-0.05, 0) is 29.7 Å². The van der Waals surface area contributed by atoms with Crippen molar-refractivity contribution < 1.29 is 4.79 Å². The molecule has 0 fully saturated rings. The number of nitrogens with one attached hydrogen (secondary N) is 1. The molecule has 0 unspecified atom stereocenters. The molecule has 4 heteroatoms. The third-order valence-electron chi connectivity index (χ3n) is 3.53. The van der Waals surface area contributed by atoms with Gasteiger partial charge in [-0.25, -0.2) is 0 Å². The van der Waals surface area contributed by atoms with Crippen LogP contribution in [0.3, 0.4) is 0 Å². The van der Waals surface area contributed by atoms with Crippen molar-refractivity contribution >= 4 is 5.78 Å². The second-order valence-electron chi connectivity index (χ2n) is 4.89. The summed E-state index contributed by atoms with van der Waals surface area (Å²) in [5.74, 6) is 0.158. The highest BCUT2D eigenvalue weighted by molar-refractivity contribution is 5.97. The van der Waals surface area contributed by atoms with Gasteiger partial charge in [0.05, 0.1) is 6.20 Å². The molecule has 98 valence electrons. The first kappa shape index (κ1) is 12.1. The van der Waals surface area contributed by atoms with Crippen LogP contribution in [-0.2, 0) is 26.1 Å². The number of fused-ring (bicyclic) bond motifs is 1. The number of ketones is 1. The molecule has 0 aliphatic carbocycles. The summed E-state index contributed by atoms with van der Waals surface area (Å²) in [5, 5.41) is 7.48. The number of hydrogen-bond donors (Lipinski definition) is 1. The Morgan fingerprint density at radius 1 is 1.37 bits per heavy atom. The Morgan fingerprint density at radius 2 is 2.21 bits per heavy atom. The van der Waals surface area contributed by atoms with E-state index >= 15 is 0 Å². The maximum atomic E-state index is 12.3. The van der Waals surface area contributed by atoms with E-state index in [1.807, 2.05) is 29.9 Å². The number of hydrogen-bond acceptors (Lipinski definition) is 3. The Morgan fingerprint density at radius 3 is 3.00 bits per heavy atom. The highest BCUT2D eigenvalue weighted by atomic mass is 16.1. The Bertz CT molecular complexity index is 616. The molecule has 2 heterocycles. The summed E-state index contributed by atoms with van der Waals surface area (Å²) in [6.45, 7) is 4.64. The van der Waals surface area contributed by atoms with Crippen molar-refractivity contribution in [3.8, 4) is 0 Å². The maximum Gasteiger partial charge on any atom is 0.167 e. The Balaban J connectivity index is 1.76. The number of aryl methyl sites for hydroxylation is 1. The molecule has 1 aromatic heterocycles. The van der Waals surface area contributed by atoms with E-state index in [2.05, 4.69) is 16.5 Å². The first-order chi connectivity index (χ1) is 9.26. The van der Waals surface area contributed by atoms with Crippen LogP contribution in [0, 0.1) is 0 Å². The van der Waals surface area contributed by atoms with E-state index < -0.39 is 0 Å². The molecular formula is C15H17N3O. The van der Waals surface area contributed by atoms with Crippen LogP contribution >= 0.6 is 0 Å². The van der Waals surface area contributed by atoms with E-state index in [0.29, 0.717) is 6.42 Å². The summed E-state index contributed by atoms with van der Waals surface area (Å²) in [6.07, 6.45) is 4.13. The fourth-order valence-electron chi connectivity index (χ4n) is 2.43. The second kappa shape index (κ2) is 4.97. The van der Waals surface area contributed by atoms with Gasteiger partial charge in [-0.2, -0.15) is 5.10 Å². The molecule has 0 bridgehead atoms. The van der Waals surface area contributed by atoms with Crippen LogP contribution in [0.4, 0.5) is 0 Å². The molecule has 0 spiro atoms. The van der Waals surface area contributed by atoms with Gasteiger partial charge in [0, 0.05) is 37.8 Å². The average molecular weight is 255 g/mol. The van der Waals surface area contributed by atoms with Crippen LogP contribution in [0.25, 0.3) is 0 Å². The standard InChI is InChI=1S/C15H17N3O/c1-2-18-10-11(7-17-18)5-15(19)12-3-4-13-8-16-9-14(13)6-12/h3-4,6-7,10,16H,2,5,8-9H2,1H3. The van der Waals surface area contributed by atoms with Crippen molar-refractivity contribution in [2.24, 2.45) is 0 Å². The number of benzene rings is 1. The SMILES string of the molecule is CCn1cc(CC(=O)c2ccc3c(c2)CNC3)cn1. The van der Waals surface area contributed by atoms with Gasteiger partial charge >= 0.3 is 0 Å². The predicted octanol–water partition coefficient (Wildman–Crippen LogP) is 1.93. The molecule has 1 aliphatic rings. The van der Waals surface area contributed by atoms with Gasteiger partial charge in [0.25, 0.3) is 0 Å². The molecule has 0 atom stereocenters. The number of carbonyl (C=O) groups is 1. The van der Waals surface area contributed by atoms with Crippen LogP contribution < -0.4 is 5.32 Å². The topological polar surface area (TPSA) is 46.9 Å². The van der Waals surface area contributed by atoms with Crippen LogP contribution in [0.15, 0.2) is 30.6 Å². The van der Waals surface area contributed by atoms with Crippen molar-refractivity contribution in [2.45, 2.75) is 33.0 Å². The molecular weight excluding hydrogens is 238 g/mol. The monoisotopic (exact) mass is 255 g/mol. The van der Waals surface area contributed by atoms with Crippen LogP contribution in [0.5, 0.6) is 0 Å². The van der Waals surface area contributed by atoms with Crippen LogP contribution in [-0.4, -0.2) is 15.6 Å². The third kappa shape index (κ3) is 2.44. The van der Waals surface area contributed by atoms with Gasteiger partial charge in [-0.3, -0.25) is 9.48 Å². The second-order valence-corrected chi connectivity index (χ2v) is 4.89. The van der Waals surface area contributed by atoms with E-state index in [0.717, 1.165) is 30.8 Å². The minimum Gasteiger partial charge on any atom is -0.309 e. The number of nitrogens with zero attached hydrogens (tertiary/aromatic N) is 2. The van der Waals surface area contributed by atoms with Gasteiger partial charge in [-0.15, -0.1) is 0 Å². The maximum absolute atomic E-state index is 12.3. The highest BCUT2D eigenvalue weighted by Gasteiger charge is 2.14. The fourth-order valence-corrected chi connectivity index (χ4v) is 2.43. The minimum atomic E-state index is 0.158. The smallest absolute Gasteiger partial charge is 0.167 e. The first-order valence-electron chi connectivity index (χ1n) is 6.63. The zero-order valence-electron chi connectivity index (χ0n) is 11.0. The number of aromatic nitrogens is 2. The Hall–Kier alpha value is -1.94. The largest absolute Gasteiger partial charge is 0.309 e. The van der Waals surface area contributed by atoms with Crippen LogP contribution in [0.1, 0.15) is 34.0 Å².